The van der Waals surface area contributed by atoms with E-state index in [-0.39, 0.29) is 18.7 Å². The lowest BCUT2D eigenvalue weighted by atomic mass is 10.1. The van der Waals surface area contributed by atoms with Crippen molar-refractivity contribution in [1.82, 2.24) is 0 Å². The third-order valence-corrected chi connectivity index (χ3v) is 2.66. The second-order valence-corrected chi connectivity index (χ2v) is 3.80. The van der Waals surface area contributed by atoms with E-state index in [2.05, 4.69) is 0 Å². The van der Waals surface area contributed by atoms with Gasteiger partial charge in [-0.3, -0.25) is 9.59 Å². The first-order chi connectivity index (χ1) is 7.99. The van der Waals surface area contributed by atoms with E-state index in [1.54, 1.807) is 0 Å². The van der Waals surface area contributed by atoms with E-state index >= 15 is 0 Å². The first-order valence-electron chi connectivity index (χ1n) is 4.99. The highest BCUT2D eigenvalue weighted by atomic mass is 19.1. The molecule has 17 heavy (non-hydrogen) atoms. The first-order valence-corrected chi connectivity index (χ1v) is 4.99. The molecule has 90 valence electrons. The van der Waals surface area contributed by atoms with Gasteiger partial charge in [0, 0.05) is 18.3 Å². The number of hydrogen-bond acceptors (Lipinski definition) is 2. The predicted molar refractivity (Wildman–Crippen MR) is 54.5 cm³/mol. The predicted octanol–water partition coefficient (Wildman–Crippen LogP) is 1.40. The van der Waals surface area contributed by atoms with Crippen LogP contribution in [-0.4, -0.2) is 23.5 Å². The SMILES string of the molecule is O=C(O)[C@@H]1CCN(c2cc(F)cc(F)c2)C1=O. The van der Waals surface area contributed by atoms with Gasteiger partial charge < -0.3 is 10.0 Å². The van der Waals surface area contributed by atoms with Crippen molar-refractivity contribution in [3.8, 4) is 0 Å². The smallest absolute Gasteiger partial charge is 0.316 e. The number of carboxylic acid groups (broad SMARTS) is 1. The molecule has 1 aromatic carbocycles. The van der Waals surface area contributed by atoms with E-state index in [0.29, 0.717) is 6.07 Å². The summed E-state index contributed by atoms with van der Waals surface area (Å²) in [5.74, 6) is -4.57. The van der Waals surface area contributed by atoms with E-state index in [1.165, 1.54) is 0 Å². The second kappa shape index (κ2) is 4.12. The van der Waals surface area contributed by atoms with Gasteiger partial charge in [-0.05, 0) is 18.6 Å². The number of nitrogens with zero attached hydrogens (tertiary/aromatic N) is 1. The van der Waals surface area contributed by atoms with E-state index in [1.807, 2.05) is 0 Å². The third-order valence-electron chi connectivity index (χ3n) is 2.66. The highest BCUT2D eigenvalue weighted by Crippen LogP contribution is 2.26. The first kappa shape index (κ1) is 11.5. The van der Waals surface area contributed by atoms with Crippen molar-refractivity contribution in [2.24, 2.45) is 5.92 Å². The Balaban J connectivity index is 2.30. The number of carbonyl (C=O) groups is 2. The zero-order chi connectivity index (χ0) is 12.6. The summed E-state index contributed by atoms with van der Waals surface area (Å²) in [7, 11) is 0. The largest absolute Gasteiger partial charge is 0.481 e. The van der Waals surface area contributed by atoms with E-state index in [0.717, 1.165) is 17.0 Å². The van der Waals surface area contributed by atoms with Gasteiger partial charge in [0.25, 0.3) is 0 Å². The molecular formula is C11H9F2NO3. The molecule has 1 heterocycles. The lowest BCUT2D eigenvalue weighted by Gasteiger charge is -2.16. The van der Waals surface area contributed by atoms with Crippen LogP contribution in [0.3, 0.4) is 0 Å². The number of anilines is 1. The molecule has 0 spiro atoms. The summed E-state index contributed by atoms with van der Waals surface area (Å²) in [5.41, 5.74) is 0.0521. The summed E-state index contributed by atoms with van der Waals surface area (Å²) in [4.78, 5) is 23.5. The van der Waals surface area contributed by atoms with Crippen molar-refractivity contribution in [3.05, 3.63) is 29.8 Å². The summed E-state index contributed by atoms with van der Waals surface area (Å²) < 4.78 is 25.9. The Kier molecular flexibility index (Phi) is 2.79. The fraction of sp³-hybridized carbons (Fsp3) is 0.273. The van der Waals surface area contributed by atoms with Crippen molar-refractivity contribution in [2.45, 2.75) is 6.42 Å². The van der Waals surface area contributed by atoms with Gasteiger partial charge in [-0.1, -0.05) is 0 Å². The summed E-state index contributed by atoms with van der Waals surface area (Å²) in [6, 6.07) is 2.70. The topological polar surface area (TPSA) is 57.6 Å². The van der Waals surface area contributed by atoms with Crippen LogP contribution in [0.25, 0.3) is 0 Å². The van der Waals surface area contributed by atoms with Crippen molar-refractivity contribution in [1.29, 1.82) is 0 Å². The van der Waals surface area contributed by atoms with Crippen LogP contribution in [0.2, 0.25) is 0 Å². The fourth-order valence-electron chi connectivity index (χ4n) is 1.86. The number of carboxylic acids is 1. The molecule has 0 aromatic heterocycles. The molecule has 0 aliphatic carbocycles. The van der Waals surface area contributed by atoms with Gasteiger partial charge in [-0.25, -0.2) is 8.78 Å². The highest BCUT2D eigenvalue weighted by Gasteiger charge is 2.37. The number of benzene rings is 1. The van der Waals surface area contributed by atoms with Gasteiger partial charge in [0.15, 0.2) is 0 Å². The van der Waals surface area contributed by atoms with Gasteiger partial charge in [-0.15, -0.1) is 0 Å². The monoisotopic (exact) mass is 241 g/mol. The standard InChI is InChI=1S/C11H9F2NO3/c12-6-3-7(13)5-8(4-6)14-2-1-9(10(14)15)11(16)17/h3-5,9H,1-2H2,(H,16,17)/t9-/m1/s1. The molecule has 0 unspecified atom stereocenters. The molecule has 1 N–H and O–H groups in total. The Labute approximate surface area is 95.5 Å². The molecule has 0 radical (unpaired) electrons. The maximum Gasteiger partial charge on any atom is 0.316 e. The van der Waals surface area contributed by atoms with Crippen molar-refractivity contribution in [3.63, 3.8) is 0 Å². The molecule has 2 rings (SSSR count). The molecule has 1 saturated heterocycles. The maximum absolute atomic E-state index is 13.0. The average Bonchev–Trinajstić information content (AvgIpc) is 2.58. The minimum absolute atomic E-state index is 0.0521. The molecule has 1 fully saturated rings. The lowest BCUT2D eigenvalue weighted by molar-refractivity contribution is -0.144. The molecule has 4 nitrogen and oxygen atoms in total. The van der Waals surface area contributed by atoms with Crippen LogP contribution in [0.5, 0.6) is 0 Å². The fourth-order valence-corrected chi connectivity index (χ4v) is 1.86. The van der Waals surface area contributed by atoms with Crippen molar-refractivity contribution < 1.29 is 23.5 Å². The third kappa shape index (κ3) is 2.11. The molecular weight excluding hydrogens is 232 g/mol. The van der Waals surface area contributed by atoms with E-state index < -0.39 is 29.4 Å². The number of rotatable bonds is 2. The zero-order valence-corrected chi connectivity index (χ0v) is 8.69. The normalized spacial score (nSPS) is 19.8. The number of amides is 1. The number of carbonyl (C=O) groups excluding carboxylic acids is 1. The van der Waals surface area contributed by atoms with Gasteiger partial charge >= 0.3 is 5.97 Å². The molecule has 0 saturated carbocycles. The van der Waals surface area contributed by atoms with Crippen LogP contribution in [0.4, 0.5) is 14.5 Å². The minimum atomic E-state index is -1.21. The Hall–Kier alpha value is -1.98. The van der Waals surface area contributed by atoms with Crippen LogP contribution in [0.1, 0.15) is 6.42 Å². The highest BCUT2D eigenvalue weighted by molar-refractivity contribution is 6.07. The Morgan fingerprint density at radius 2 is 1.88 bits per heavy atom. The van der Waals surface area contributed by atoms with E-state index in [9.17, 15) is 18.4 Å². The van der Waals surface area contributed by atoms with Crippen LogP contribution < -0.4 is 4.90 Å². The maximum atomic E-state index is 13.0. The molecule has 1 aliphatic rings. The van der Waals surface area contributed by atoms with Gasteiger partial charge in [0.05, 0.1) is 0 Å². The minimum Gasteiger partial charge on any atom is -0.481 e. The quantitative estimate of drug-likeness (QED) is 0.796. The van der Waals surface area contributed by atoms with Crippen molar-refractivity contribution >= 4 is 17.6 Å². The van der Waals surface area contributed by atoms with Crippen LogP contribution >= 0.6 is 0 Å². The van der Waals surface area contributed by atoms with Gasteiger partial charge in [0.2, 0.25) is 5.91 Å². The Morgan fingerprint density at radius 1 is 1.29 bits per heavy atom. The molecule has 0 bridgehead atoms. The van der Waals surface area contributed by atoms with Crippen molar-refractivity contribution in [2.75, 3.05) is 11.4 Å². The zero-order valence-electron chi connectivity index (χ0n) is 8.69. The molecule has 6 heteroatoms. The molecule has 1 amide bonds. The summed E-state index contributed by atoms with van der Waals surface area (Å²) >= 11 is 0. The lowest BCUT2D eigenvalue weighted by Crippen LogP contribution is -2.30. The Bertz CT molecular complexity index is 469. The van der Waals surface area contributed by atoms with Crippen LogP contribution in [0.15, 0.2) is 18.2 Å². The Morgan fingerprint density at radius 3 is 2.35 bits per heavy atom. The molecule has 1 aromatic rings. The number of halogens is 2. The van der Waals surface area contributed by atoms with Crippen LogP contribution in [-0.2, 0) is 9.59 Å². The molecule has 1 atom stereocenters. The van der Waals surface area contributed by atoms with Crippen LogP contribution in [0, 0.1) is 17.6 Å². The number of hydrogen-bond donors (Lipinski definition) is 1. The summed E-state index contributed by atoms with van der Waals surface area (Å²) in [5, 5.41) is 8.76. The second-order valence-electron chi connectivity index (χ2n) is 3.80. The van der Waals surface area contributed by atoms with Gasteiger partial charge in [-0.2, -0.15) is 0 Å². The summed E-state index contributed by atoms with van der Waals surface area (Å²) in [6.45, 7) is 0.151. The number of aliphatic carboxylic acids is 1. The summed E-state index contributed by atoms with van der Waals surface area (Å²) in [6.07, 6.45) is 0.145. The van der Waals surface area contributed by atoms with E-state index in [4.69, 9.17) is 5.11 Å². The van der Waals surface area contributed by atoms with Gasteiger partial charge in [0.1, 0.15) is 17.6 Å². The average molecular weight is 241 g/mol. The molecule has 1 aliphatic heterocycles.